The normalized spacial score (nSPS) is 13.2. The van der Waals surface area contributed by atoms with Crippen LogP contribution in [0.15, 0.2) is 51.6 Å². The summed E-state index contributed by atoms with van der Waals surface area (Å²) >= 11 is 4.77. The van der Waals surface area contributed by atoms with Crippen LogP contribution in [0.4, 0.5) is 5.69 Å². The van der Waals surface area contributed by atoms with Crippen LogP contribution in [0.25, 0.3) is 21.5 Å². The summed E-state index contributed by atoms with van der Waals surface area (Å²) in [5, 5.41) is 0.844. The first-order valence-electron chi connectivity index (χ1n) is 8.71. The number of pyridine rings is 1. The lowest BCUT2D eigenvalue weighted by Crippen LogP contribution is -2.02. The molecule has 0 amide bonds. The lowest BCUT2D eigenvalue weighted by molar-refractivity contribution is 0.104. The van der Waals surface area contributed by atoms with Gasteiger partial charge in [-0.3, -0.25) is 4.79 Å². The van der Waals surface area contributed by atoms with Gasteiger partial charge in [-0.05, 0) is 61.2 Å². The van der Waals surface area contributed by atoms with Crippen LogP contribution in [-0.4, -0.2) is 10.8 Å². The molecule has 1 aliphatic rings. The van der Waals surface area contributed by atoms with Gasteiger partial charge >= 0.3 is 0 Å². The van der Waals surface area contributed by atoms with Crippen molar-refractivity contribution in [3.8, 4) is 11.3 Å². The number of carbonyl (C=O) groups excluding carboxylic acids is 1. The molecule has 0 bridgehead atoms. The number of nitrogens with zero attached hydrogens (tertiary/aromatic N) is 1. The van der Waals surface area contributed by atoms with E-state index in [-0.39, 0.29) is 5.78 Å². The third kappa shape index (κ3) is 2.63. The smallest absolute Gasteiger partial charge is 0.205 e. The van der Waals surface area contributed by atoms with Gasteiger partial charge in [0.15, 0.2) is 0 Å². The minimum Gasteiger partial charge on any atom is -0.464 e. The van der Waals surface area contributed by atoms with Gasteiger partial charge in [0.05, 0.1) is 12.0 Å². The zero-order chi connectivity index (χ0) is 18.5. The number of benzene rings is 1. The van der Waals surface area contributed by atoms with Gasteiger partial charge in [0, 0.05) is 26.7 Å². The van der Waals surface area contributed by atoms with Crippen molar-refractivity contribution in [2.24, 2.45) is 0 Å². The third-order valence-corrected chi connectivity index (χ3v) is 6.61. The Bertz CT molecular complexity index is 1180. The molecule has 4 aromatic rings. The van der Waals surface area contributed by atoms with E-state index in [2.05, 4.69) is 15.9 Å². The van der Waals surface area contributed by atoms with E-state index in [0.717, 1.165) is 51.0 Å². The Balaban J connectivity index is 1.75. The number of carbonyl (C=O) groups is 1. The van der Waals surface area contributed by atoms with Gasteiger partial charge in [0.2, 0.25) is 5.78 Å². The summed E-state index contributed by atoms with van der Waals surface area (Å²) in [5.41, 5.74) is 10.9. The summed E-state index contributed by atoms with van der Waals surface area (Å²) in [6.45, 7) is 0. The Morgan fingerprint density at radius 2 is 2.00 bits per heavy atom. The fourth-order valence-electron chi connectivity index (χ4n) is 3.74. The molecule has 4 nitrogen and oxygen atoms in total. The minimum atomic E-state index is -0.0754. The van der Waals surface area contributed by atoms with Crippen molar-refractivity contribution in [1.82, 2.24) is 4.98 Å². The monoisotopic (exact) mass is 438 g/mol. The summed E-state index contributed by atoms with van der Waals surface area (Å²) in [4.78, 5) is 19.2. The van der Waals surface area contributed by atoms with Crippen molar-refractivity contribution in [3.05, 3.63) is 68.8 Å². The highest BCUT2D eigenvalue weighted by Gasteiger charge is 2.27. The zero-order valence-electron chi connectivity index (χ0n) is 14.3. The van der Waals surface area contributed by atoms with Crippen LogP contribution in [0.3, 0.4) is 0 Å². The largest absolute Gasteiger partial charge is 0.464 e. The highest BCUT2D eigenvalue weighted by molar-refractivity contribution is 9.10. The average molecular weight is 439 g/mol. The Morgan fingerprint density at radius 1 is 1.19 bits per heavy atom. The molecule has 3 heterocycles. The topological polar surface area (TPSA) is 69.1 Å². The summed E-state index contributed by atoms with van der Waals surface area (Å²) < 4.78 is 6.64. The van der Waals surface area contributed by atoms with Crippen molar-refractivity contribution in [3.63, 3.8) is 0 Å². The summed E-state index contributed by atoms with van der Waals surface area (Å²) in [6.07, 6.45) is 4.66. The highest BCUT2D eigenvalue weighted by Crippen LogP contribution is 2.44. The highest BCUT2D eigenvalue weighted by atomic mass is 79.9. The van der Waals surface area contributed by atoms with Gasteiger partial charge in [-0.15, -0.1) is 11.3 Å². The number of ketones is 1. The molecule has 0 spiro atoms. The number of nitrogens with two attached hydrogens (primary N) is 1. The first kappa shape index (κ1) is 16.7. The number of halogens is 1. The van der Waals surface area contributed by atoms with Gasteiger partial charge in [-0.1, -0.05) is 15.9 Å². The summed E-state index contributed by atoms with van der Waals surface area (Å²) in [6, 6.07) is 11.1. The number of thiophene rings is 1. The fraction of sp³-hybridized carbons (Fsp3) is 0.143. The third-order valence-electron chi connectivity index (χ3n) is 4.98. The molecule has 0 saturated heterocycles. The molecule has 0 radical (unpaired) electrons. The predicted molar refractivity (Wildman–Crippen MR) is 111 cm³/mol. The molecule has 0 saturated carbocycles. The van der Waals surface area contributed by atoms with E-state index in [4.69, 9.17) is 15.1 Å². The number of rotatable bonds is 3. The molecule has 5 rings (SSSR count). The van der Waals surface area contributed by atoms with Crippen molar-refractivity contribution >= 4 is 49.0 Å². The lowest BCUT2D eigenvalue weighted by Gasteiger charge is -2.08. The molecule has 0 fully saturated rings. The van der Waals surface area contributed by atoms with Crippen molar-refractivity contribution in [1.29, 1.82) is 0 Å². The van der Waals surface area contributed by atoms with Crippen molar-refractivity contribution < 1.29 is 9.21 Å². The molecule has 0 unspecified atom stereocenters. The molecule has 6 heteroatoms. The van der Waals surface area contributed by atoms with Crippen LogP contribution in [0, 0.1) is 0 Å². The lowest BCUT2D eigenvalue weighted by atomic mass is 10.00. The molecular formula is C21H15BrN2O2S. The van der Waals surface area contributed by atoms with Crippen LogP contribution in [0.1, 0.15) is 32.9 Å². The summed E-state index contributed by atoms with van der Waals surface area (Å²) in [7, 11) is 0. The van der Waals surface area contributed by atoms with Crippen LogP contribution in [0.5, 0.6) is 0 Å². The molecule has 0 aliphatic heterocycles. The van der Waals surface area contributed by atoms with E-state index in [0.29, 0.717) is 16.1 Å². The second-order valence-corrected chi connectivity index (χ2v) is 8.52. The molecule has 0 atom stereocenters. The minimum absolute atomic E-state index is 0.0754. The van der Waals surface area contributed by atoms with E-state index in [1.807, 2.05) is 24.3 Å². The Hall–Kier alpha value is -2.44. The number of aromatic nitrogens is 1. The van der Waals surface area contributed by atoms with Gasteiger partial charge in [0.1, 0.15) is 15.5 Å². The molecule has 2 N–H and O–H groups in total. The first-order chi connectivity index (χ1) is 13.1. The quantitative estimate of drug-likeness (QED) is 0.421. The molecule has 27 heavy (non-hydrogen) atoms. The Labute approximate surface area is 168 Å². The number of anilines is 1. The van der Waals surface area contributed by atoms with Gasteiger partial charge < -0.3 is 10.2 Å². The predicted octanol–water partition coefficient (Wildman–Crippen LogP) is 5.62. The first-order valence-corrected chi connectivity index (χ1v) is 10.3. The summed E-state index contributed by atoms with van der Waals surface area (Å²) in [5.74, 6) is 0.709. The molecule has 3 aromatic heterocycles. The second-order valence-electron chi connectivity index (χ2n) is 6.60. The van der Waals surface area contributed by atoms with E-state index >= 15 is 0 Å². The van der Waals surface area contributed by atoms with Gasteiger partial charge in [-0.2, -0.15) is 0 Å². The molecular weight excluding hydrogens is 424 g/mol. The number of hydrogen-bond donors (Lipinski definition) is 1. The maximum absolute atomic E-state index is 13.1. The number of aryl methyl sites for hydroxylation is 1. The number of nitrogen functional groups attached to an aromatic ring is 1. The zero-order valence-corrected chi connectivity index (χ0v) is 16.7. The fourth-order valence-corrected chi connectivity index (χ4v) is 5.09. The van der Waals surface area contributed by atoms with Crippen LogP contribution >= 0.6 is 27.3 Å². The van der Waals surface area contributed by atoms with Crippen LogP contribution in [-0.2, 0) is 12.8 Å². The second kappa shape index (κ2) is 6.32. The Morgan fingerprint density at radius 3 is 2.74 bits per heavy atom. The Kier molecular flexibility index (Phi) is 3.91. The number of furan rings is 1. The van der Waals surface area contributed by atoms with Crippen LogP contribution in [0.2, 0.25) is 0 Å². The number of fused-ring (bicyclic) bond motifs is 2. The van der Waals surface area contributed by atoms with Gasteiger partial charge in [-0.25, -0.2) is 4.98 Å². The maximum Gasteiger partial charge on any atom is 0.205 e. The molecule has 134 valence electrons. The van der Waals surface area contributed by atoms with Crippen LogP contribution < -0.4 is 5.73 Å². The van der Waals surface area contributed by atoms with Gasteiger partial charge in [0.25, 0.3) is 0 Å². The van der Waals surface area contributed by atoms with Crippen molar-refractivity contribution in [2.75, 3.05) is 5.73 Å². The average Bonchev–Trinajstić information content (AvgIpc) is 3.41. The van der Waals surface area contributed by atoms with E-state index < -0.39 is 0 Å². The standard InChI is InChI=1S/C21H15BrN2O2S/c22-12-8-6-11(7-9-12)19(25)20-18(23)17-16(15-5-2-10-26-15)13-3-1-4-14(13)24-21(17)27-20/h2,5-10H,1,3-4,23H2. The molecule has 1 aromatic carbocycles. The SMILES string of the molecule is Nc1c(C(=O)c2ccc(Br)cc2)sc2nc3c(c(-c4ccco4)c12)CCC3. The van der Waals surface area contributed by atoms with E-state index in [1.165, 1.54) is 16.9 Å². The maximum atomic E-state index is 13.1. The molecule has 1 aliphatic carbocycles. The van der Waals surface area contributed by atoms with E-state index in [9.17, 15) is 4.79 Å². The van der Waals surface area contributed by atoms with E-state index in [1.54, 1.807) is 18.4 Å². The number of hydrogen-bond acceptors (Lipinski definition) is 5. The van der Waals surface area contributed by atoms with Crippen molar-refractivity contribution in [2.45, 2.75) is 19.3 Å².